The van der Waals surface area contributed by atoms with Crippen LogP contribution < -0.4 is 5.32 Å². The lowest BCUT2D eigenvalue weighted by Crippen LogP contribution is -2.31. The van der Waals surface area contributed by atoms with Gasteiger partial charge in [0.25, 0.3) is 5.91 Å². The van der Waals surface area contributed by atoms with Gasteiger partial charge in [-0.25, -0.2) is 13.4 Å². The van der Waals surface area contributed by atoms with E-state index in [0.717, 1.165) is 64.3 Å². The smallest absolute Gasteiger partial charge is 0.256 e. The van der Waals surface area contributed by atoms with Crippen LogP contribution in [-0.4, -0.2) is 36.7 Å². The Bertz CT molecular complexity index is 1490. The number of aryl methyl sites for hydroxylation is 1. The van der Waals surface area contributed by atoms with Gasteiger partial charge in [0, 0.05) is 29.1 Å². The molecular formula is C28H31N3O3S3. The molecule has 1 amide bonds. The van der Waals surface area contributed by atoms with Crippen LogP contribution >= 0.6 is 22.7 Å². The van der Waals surface area contributed by atoms with Gasteiger partial charge in [0.15, 0.2) is 0 Å². The molecule has 194 valence electrons. The van der Waals surface area contributed by atoms with Gasteiger partial charge in [-0.15, -0.1) is 22.7 Å². The SMILES string of the molecule is CCCCN(CC)S(=O)(=O)c1ccc(C(=O)Nc2sc3c(c2-c2nc4ccccc4s2)CCCC3)cc1. The molecule has 9 heteroatoms. The highest BCUT2D eigenvalue weighted by Gasteiger charge is 2.26. The van der Waals surface area contributed by atoms with E-state index in [1.54, 1.807) is 34.8 Å². The summed E-state index contributed by atoms with van der Waals surface area (Å²) in [6.45, 7) is 4.80. The quantitative estimate of drug-likeness (QED) is 0.243. The average molecular weight is 554 g/mol. The van der Waals surface area contributed by atoms with Crippen LogP contribution in [0.15, 0.2) is 53.4 Å². The number of nitrogens with one attached hydrogen (secondary N) is 1. The van der Waals surface area contributed by atoms with Crippen molar-refractivity contribution in [3.63, 3.8) is 0 Å². The fourth-order valence-corrected chi connectivity index (χ4v) is 8.63. The molecule has 1 aliphatic carbocycles. The summed E-state index contributed by atoms with van der Waals surface area (Å²) in [5.41, 5.74) is 3.74. The number of unbranched alkanes of at least 4 members (excludes halogenated alkanes) is 1. The summed E-state index contributed by atoms with van der Waals surface area (Å²) >= 11 is 3.30. The Morgan fingerprint density at radius 2 is 1.78 bits per heavy atom. The Morgan fingerprint density at radius 3 is 2.51 bits per heavy atom. The van der Waals surface area contributed by atoms with Gasteiger partial charge in [-0.1, -0.05) is 32.4 Å². The van der Waals surface area contributed by atoms with Crippen LogP contribution in [0.25, 0.3) is 20.8 Å². The minimum absolute atomic E-state index is 0.212. The molecule has 0 unspecified atom stereocenters. The minimum atomic E-state index is -3.59. The molecule has 37 heavy (non-hydrogen) atoms. The van der Waals surface area contributed by atoms with E-state index in [9.17, 15) is 13.2 Å². The molecule has 2 heterocycles. The van der Waals surface area contributed by atoms with E-state index < -0.39 is 10.0 Å². The van der Waals surface area contributed by atoms with Gasteiger partial charge in [-0.2, -0.15) is 4.31 Å². The van der Waals surface area contributed by atoms with E-state index in [1.807, 2.05) is 32.0 Å². The summed E-state index contributed by atoms with van der Waals surface area (Å²) < 4.78 is 28.7. The number of para-hydroxylation sites is 1. The number of hydrogen-bond donors (Lipinski definition) is 1. The first kappa shape index (κ1) is 26.0. The Hall–Kier alpha value is -2.59. The zero-order valence-electron chi connectivity index (χ0n) is 21.1. The average Bonchev–Trinajstić information content (AvgIpc) is 3.49. The van der Waals surface area contributed by atoms with E-state index >= 15 is 0 Å². The summed E-state index contributed by atoms with van der Waals surface area (Å²) in [6.07, 6.45) is 6.05. The highest BCUT2D eigenvalue weighted by Crippen LogP contribution is 2.46. The van der Waals surface area contributed by atoms with E-state index in [-0.39, 0.29) is 10.8 Å². The molecule has 0 fully saturated rings. The summed E-state index contributed by atoms with van der Waals surface area (Å²) in [5.74, 6) is -0.247. The first-order chi connectivity index (χ1) is 17.9. The monoisotopic (exact) mass is 553 g/mol. The minimum Gasteiger partial charge on any atom is -0.313 e. The second kappa shape index (κ2) is 11.0. The number of rotatable bonds is 9. The largest absolute Gasteiger partial charge is 0.313 e. The number of thiophene rings is 1. The zero-order chi connectivity index (χ0) is 26.0. The molecule has 5 rings (SSSR count). The van der Waals surface area contributed by atoms with Crippen molar-refractivity contribution < 1.29 is 13.2 Å². The van der Waals surface area contributed by atoms with Crippen LogP contribution in [-0.2, 0) is 22.9 Å². The van der Waals surface area contributed by atoms with Gasteiger partial charge in [-0.3, -0.25) is 4.79 Å². The lowest BCUT2D eigenvalue weighted by Gasteiger charge is -2.20. The highest BCUT2D eigenvalue weighted by atomic mass is 32.2. The molecule has 1 N–H and O–H groups in total. The molecule has 0 saturated heterocycles. The topological polar surface area (TPSA) is 79.4 Å². The summed E-state index contributed by atoms with van der Waals surface area (Å²) in [7, 11) is -3.59. The molecule has 0 aliphatic heterocycles. The third-order valence-corrected chi connectivity index (χ3v) is 11.0. The van der Waals surface area contributed by atoms with E-state index in [2.05, 4.69) is 11.4 Å². The second-order valence-electron chi connectivity index (χ2n) is 9.23. The maximum absolute atomic E-state index is 13.3. The highest BCUT2D eigenvalue weighted by molar-refractivity contribution is 7.89. The predicted molar refractivity (Wildman–Crippen MR) is 153 cm³/mol. The molecule has 4 aromatic rings. The zero-order valence-corrected chi connectivity index (χ0v) is 23.6. The Balaban J connectivity index is 1.42. The normalized spacial score (nSPS) is 13.7. The van der Waals surface area contributed by atoms with Crippen molar-refractivity contribution >= 4 is 53.8 Å². The van der Waals surface area contributed by atoms with Crippen LogP contribution in [0, 0.1) is 0 Å². The standard InChI is InChI=1S/C28H31N3O3S3/c1-3-5-18-31(4-2)37(33,34)20-16-14-19(15-17-20)26(32)30-28-25(21-10-6-8-12-23(21)35-28)27-29-22-11-7-9-13-24(22)36-27/h7,9,11,13-17H,3-6,8,10,12,18H2,1-2H3,(H,30,32). The van der Waals surface area contributed by atoms with Crippen molar-refractivity contribution in [1.82, 2.24) is 9.29 Å². The lowest BCUT2D eigenvalue weighted by molar-refractivity contribution is 0.102. The number of anilines is 1. The van der Waals surface area contributed by atoms with Crippen molar-refractivity contribution in [2.24, 2.45) is 0 Å². The number of benzene rings is 2. The second-order valence-corrected chi connectivity index (χ2v) is 13.3. The van der Waals surface area contributed by atoms with Crippen molar-refractivity contribution in [1.29, 1.82) is 0 Å². The van der Waals surface area contributed by atoms with Gasteiger partial charge >= 0.3 is 0 Å². The van der Waals surface area contributed by atoms with Crippen LogP contribution in [0.5, 0.6) is 0 Å². The molecule has 0 saturated carbocycles. The fourth-order valence-electron chi connectivity index (χ4n) is 4.74. The maximum atomic E-state index is 13.3. The van der Waals surface area contributed by atoms with Gasteiger partial charge in [0.05, 0.1) is 15.1 Å². The molecule has 0 radical (unpaired) electrons. The Labute approximate surface area is 226 Å². The van der Waals surface area contributed by atoms with E-state index in [0.29, 0.717) is 18.7 Å². The van der Waals surface area contributed by atoms with Crippen molar-refractivity contribution in [3.05, 3.63) is 64.5 Å². The summed E-state index contributed by atoms with van der Waals surface area (Å²) in [4.78, 5) is 19.7. The lowest BCUT2D eigenvalue weighted by atomic mass is 9.95. The molecule has 2 aromatic carbocycles. The molecule has 1 aliphatic rings. The molecule has 0 bridgehead atoms. The summed E-state index contributed by atoms with van der Waals surface area (Å²) in [5, 5.41) is 4.89. The number of hydrogen-bond acceptors (Lipinski definition) is 6. The number of carbonyl (C=O) groups is 1. The molecule has 0 spiro atoms. The molecule has 2 aromatic heterocycles. The van der Waals surface area contributed by atoms with Gasteiger partial charge < -0.3 is 5.32 Å². The number of thiazole rings is 1. The molecule has 0 atom stereocenters. The molecule has 6 nitrogen and oxygen atoms in total. The van der Waals surface area contributed by atoms with Crippen LogP contribution in [0.3, 0.4) is 0 Å². The van der Waals surface area contributed by atoms with Crippen LogP contribution in [0.1, 0.15) is 60.3 Å². The third-order valence-electron chi connectivity index (χ3n) is 6.77. The van der Waals surface area contributed by atoms with Crippen molar-refractivity contribution in [2.75, 3.05) is 18.4 Å². The number of carbonyl (C=O) groups excluding carboxylic acids is 1. The number of fused-ring (bicyclic) bond motifs is 2. The predicted octanol–water partition coefficient (Wildman–Crippen LogP) is 6.97. The molecular weight excluding hydrogens is 523 g/mol. The van der Waals surface area contributed by atoms with Crippen LogP contribution in [0.4, 0.5) is 5.00 Å². The van der Waals surface area contributed by atoms with Crippen molar-refractivity contribution in [3.8, 4) is 10.6 Å². The number of sulfonamides is 1. The number of aromatic nitrogens is 1. The van der Waals surface area contributed by atoms with E-state index in [1.165, 1.54) is 26.9 Å². The van der Waals surface area contributed by atoms with Crippen molar-refractivity contribution in [2.45, 2.75) is 57.3 Å². The fraction of sp³-hybridized carbons (Fsp3) is 0.357. The van der Waals surface area contributed by atoms with E-state index in [4.69, 9.17) is 4.98 Å². The Kier molecular flexibility index (Phi) is 7.76. The van der Waals surface area contributed by atoms with Gasteiger partial charge in [-0.05, 0) is 74.1 Å². The third kappa shape index (κ3) is 5.23. The van der Waals surface area contributed by atoms with Gasteiger partial charge in [0.2, 0.25) is 10.0 Å². The maximum Gasteiger partial charge on any atom is 0.256 e. The first-order valence-electron chi connectivity index (χ1n) is 12.8. The van der Waals surface area contributed by atoms with Gasteiger partial charge in [0.1, 0.15) is 10.0 Å². The number of amides is 1. The van der Waals surface area contributed by atoms with Crippen LogP contribution in [0.2, 0.25) is 0 Å². The first-order valence-corrected chi connectivity index (χ1v) is 15.9. The Morgan fingerprint density at radius 1 is 1.03 bits per heavy atom. The number of nitrogens with zero attached hydrogens (tertiary/aromatic N) is 2. The summed E-state index contributed by atoms with van der Waals surface area (Å²) in [6, 6.07) is 14.4.